The minimum absolute atomic E-state index is 0.00970. The van der Waals surface area contributed by atoms with E-state index in [9.17, 15) is 18.4 Å². The molecule has 2 aromatic carbocycles. The van der Waals surface area contributed by atoms with Crippen LogP contribution in [0.4, 0.5) is 20.2 Å². The van der Waals surface area contributed by atoms with Crippen LogP contribution in [-0.2, 0) is 4.79 Å². The third-order valence-electron chi connectivity index (χ3n) is 3.75. The molecule has 2 aromatic rings. The maximum atomic E-state index is 13.2. The number of carbonyl (C=O) groups excluding carboxylic acids is 2. The van der Waals surface area contributed by atoms with Crippen molar-refractivity contribution >= 4 is 34.8 Å². The molecule has 1 saturated heterocycles. The van der Waals surface area contributed by atoms with Crippen LogP contribution in [0.2, 0.25) is 5.02 Å². The van der Waals surface area contributed by atoms with E-state index in [2.05, 4.69) is 5.32 Å². The molecule has 7 heteroatoms. The van der Waals surface area contributed by atoms with Gasteiger partial charge in [0.1, 0.15) is 0 Å². The van der Waals surface area contributed by atoms with Crippen molar-refractivity contribution in [2.75, 3.05) is 16.8 Å². The molecule has 0 aromatic heterocycles. The van der Waals surface area contributed by atoms with Crippen LogP contribution in [0.5, 0.6) is 0 Å². The molecule has 2 amide bonds. The van der Waals surface area contributed by atoms with E-state index in [-0.39, 0.29) is 11.5 Å². The number of halogens is 3. The summed E-state index contributed by atoms with van der Waals surface area (Å²) in [5.74, 6) is -2.69. The van der Waals surface area contributed by atoms with Crippen molar-refractivity contribution in [1.82, 2.24) is 0 Å². The Bertz CT molecular complexity index is 826. The summed E-state index contributed by atoms with van der Waals surface area (Å²) < 4.78 is 26.1. The van der Waals surface area contributed by atoms with Crippen molar-refractivity contribution < 1.29 is 18.4 Å². The molecule has 0 atom stereocenters. The number of nitrogens with one attached hydrogen (secondary N) is 1. The molecule has 0 saturated carbocycles. The number of hydrogen-bond donors (Lipinski definition) is 1. The van der Waals surface area contributed by atoms with Crippen molar-refractivity contribution in [2.45, 2.75) is 12.8 Å². The van der Waals surface area contributed by atoms with Gasteiger partial charge in [0.25, 0.3) is 5.91 Å². The summed E-state index contributed by atoms with van der Waals surface area (Å²) in [6.45, 7) is 0.610. The monoisotopic (exact) mass is 350 g/mol. The summed E-state index contributed by atoms with van der Waals surface area (Å²) in [7, 11) is 0. The second-order valence-corrected chi connectivity index (χ2v) is 5.81. The molecule has 0 aliphatic carbocycles. The van der Waals surface area contributed by atoms with Crippen molar-refractivity contribution in [1.29, 1.82) is 0 Å². The highest BCUT2D eigenvalue weighted by molar-refractivity contribution is 6.34. The predicted octanol–water partition coefficient (Wildman–Crippen LogP) is 4.00. The van der Waals surface area contributed by atoms with Crippen LogP contribution in [0.25, 0.3) is 0 Å². The summed E-state index contributed by atoms with van der Waals surface area (Å²) in [6.07, 6.45) is 1.27. The molecule has 0 bridgehead atoms. The van der Waals surface area contributed by atoms with Crippen LogP contribution in [0.15, 0.2) is 36.4 Å². The first-order valence-corrected chi connectivity index (χ1v) is 7.70. The lowest BCUT2D eigenvalue weighted by Crippen LogP contribution is -2.24. The van der Waals surface area contributed by atoms with Gasteiger partial charge >= 0.3 is 0 Å². The van der Waals surface area contributed by atoms with Crippen molar-refractivity contribution in [3.63, 3.8) is 0 Å². The standard InChI is InChI=1S/C17H13ClF2N2O2/c18-12-9-11(4-6-15(12)22-7-1-2-16(22)23)21-17(24)10-3-5-13(19)14(20)8-10/h3-6,8-9H,1-2,7H2,(H,21,24). The fourth-order valence-corrected chi connectivity index (χ4v) is 2.83. The van der Waals surface area contributed by atoms with Gasteiger partial charge in [0.05, 0.1) is 10.7 Å². The second-order valence-electron chi connectivity index (χ2n) is 5.40. The Morgan fingerprint density at radius 2 is 1.92 bits per heavy atom. The number of nitrogens with zero attached hydrogens (tertiary/aromatic N) is 1. The maximum absolute atomic E-state index is 13.2. The number of benzene rings is 2. The molecule has 1 fully saturated rings. The van der Waals surface area contributed by atoms with Crippen LogP contribution >= 0.6 is 11.6 Å². The Hall–Kier alpha value is -2.47. The molecule has 1 N–H and O–H groups in total. The largest absolute Gasteiger partial charge is 0.322 e. The quantitative estimate of drug-likeness (QED) is 0.909. The van der Waals surface area contributed by atoms with Gasteiger partial charge in [-0.15, -0.1) is 0 Å². The third-order valence-corrected chi connectivity index (χ3v) is 4.05. The zero-order valence-electron chi connectivity index (χ0n) is 12.5. The molecule has 1 heterocycles. The minimum atomic E-state index is -1.09. The van der Waals surface area contributed by atoms with Crippen molar-refractivity contribution in [3.05, 3.63) is 58.6 Å². The zero-order valence-corrected chi connectivity index (χ0v) is 13.2. The molecular weight excluding hydrogens is 338 g/mol. The lowest BCUT2D eigenvalue weighted by molar-refractivity contribution is -0.117. The third kappa shape index (κ3) is 3.23. The number of hydrogen-bond acceptors (Lipinski definition) is 2. The van der Waals surface area contributed by atoms with Gasteiger partial charge in [-0.2, -0.15) is 0 Å². The van der Waals surface area contributed by atoms with Crippen molar-refractivity contribution in [3.8, 4) is 0 Å². The normalized spacial score (nSPS) is 14.1. The van der Waals surface area contributed by atoms with Gasteiger partial charge in [0, 0.05) is 24.2 Å². The van der Waals surface area contributed by atoms with E-state index < -0.39 is 17.5 Å². The molecule has 0 radical (unpaired) electrons. The Morgan fingerprint density at radius 3 is 2.54 bits per heavy atom. The molecule has 0 spiro atoms. The average molecular weight is 351 g/mol. The maximum Gasteiger partial charge on any atom is 0.255 e. The van der Waals surface area contributed by atoms with Crippen LogP contribution < -0.4 is 10.2 Å². The highest BCUT2D eigenvalue weighted by Crippen LogP contribution is 2.31. The van der Waals surface area contributed by atoms with Crippen LogP contribution in [0, 0.1) is 11.6 Å². The lowest BCUT2D eigenvalue weighted by atomic mass is 10.2. The van der Waals surface area contributed by atoms with E-state index in [0.29, 0.717) is 29.4 Å². The fourth-order valence-electron chi connectivity index (χ4n) is 2.55. The van der Waals surface area contributed by atoms with Gasteiger partial charge in [-0.3, -0.25) is 9.59 Å². The summed E-state index contributed by atoms with van der Waals surface area (Å²) >= 11 is 6.20. The topological polar surface area (TPSA) is 49.4 Å². The Morgan fingerprint density at radius 1 is 1.12 bits per heavy atom. The second kappa shape index (κ2) is 6.57. The zero-order chi connectivity index (χ0) is 17.3. The minimum Gasteiger partial charge on any atom is -0.322 e. The lowest BCUT2D eigenvalue weighted by Gasteiger charge is -2.18. The Kier molecular flexibility index (Phi) is 4.49. The smallest absolute Gasteiger partial charge is 0.255 e. The van der Waals surface area contributed by atoms with E-state index in [1.54, 1.807) is 17.0 Å². The predicted molar refractivity (Wildman–Crippen MR) is 87.4 cm³/mol. The fraction of sp³-hybridized carbons (Fsp3) is 0.176. The molecule has 1 aliphatic rings. The van der Waals surface area contributed by atoms with Gasteiger partial charge in [0.2, 0.25) is 5.91 Å². The van der Waals surface area contributed by atoms with Crippen molar-refractivity contribution in [2.24, 2.45) is 0 Å². The number of amides is 2. The molecule has 3 rings (SSSR count). The Balaban J connectivity index is 1.78. The van der Waals surface area contributed by atoms with Crippen LogP contribution in [-0.4, -0.2) is 18.4 Å². The van der Waals surface area contributed by atoms with E-state index in [1.807, 2.05) is 0 Å². The van der Waals surface area contributed by atoms with E-state index in [0.717, 1.165) is 18.6 Å². The molecule has 4 nitrogen and oxygen atoms in total. The first-order valence-electron chi connectivity index (χ1n) is 7.32. The van der Waals surface area contributed by atoms with E-state index in [1.165, 1.54) is 12.1 Å². The van der Waals surface area contributed by atoms with Gasteiger partial charge < -0.3 is 10.2 Å². The summed E-state index contributed by atoms with van der Waals surface area (Å²) in [4.78, 5) is 25.4. The molecule has 1 aliphatic heterocycles. The van der Waals surface area contributed by atoms with Gasteiger partial charge in [-0.25, -0.2) is 8.78 Å². The first-order chi connectivity index (χ1) is 11.5. The summed E-state index contributed by atoms with van der Waals surface area (Å²) in [5.41, 5.74) is 0.971. The average Bonchev–Trinajstić information content (AvgIpc) is 2.96. The first kappa shape index (κ1) is 16.4. The van der Waals surface area contributed by atoms with Crippen LogP contribution in [0.3, 0.4) is 0 Å². The van der Waals surface area contributed by atoms with Crippen LogP contribution in [0.1, 0.15) is 23.2 Å². The highest BCUT2D eigenvalue weighted by atomic mass is 35.5. The molecule has 124 valence electrons. The Labute approximate surface area is 142 Å². The molecular formula is C17H13ClF2N2O2. The van der Waals surface area contributed by atoms with Gasteiger partial charge in [-0.05, 0) is 42.8 Å². The molecule has 24 heavy (non-hydrogen) atoms. The number of anilines is 2. The highest BCUT2D eigenvalue weighted by Gasteiger charge is 2.23. The van der Waals surface area contributed by atoms with Gasteiger partial charge in [0.15, 0.2) is 11.6 Å². The van der Waals surface area contributed by atoms with E-state index >= 15 is 0 Å². The summed E-state index contributed by atoms with van der Waals surface area (Å²) in [6, 6.07) is 7.66. The summed E-state index contributed by atoms with van der Waals surface area (Å²) in [5, 5.41) is 2.89. The van der Waals surface area contributed by atoms with Gasteiger partial charge in [-0.1, -0.05) is 11.6 Å². The van der Waals surface area contributed by atoms with E-state index in [4.69, 9.17) is 11.6 Å². The number of carbonyl (C=O) groups is 2. The number of rotatable bonds is 3. The molecule has 0 unspecified atom stereocenters. The SMILES string of the molecule is O=C(Nc1ccc(N2CCCC2=O)c(Cl)c1)c1ccc(F)c(F)c1.